The maximum Gasteiger partial charge on any atom is 0.260 e. The van der Waals surface area contributed by atoms with Gasteiger partial charge in [-0.1, -0.05) is 30.3 Å². The van der Waals surface area contributed by atoms with Gasteiger partial charge in [0.25, 0.3) is 5.91 Å². The highest BCUT2D eigenvalue weighted by Gasteiger charge is 2.17. The van der Waals surface area contributed by atoms with Gasteiger partial charge < -0.3 is 10.1 Å². The van der Waals surface area contributed by atoms with Gasteiger partial charge in [0.05, 0.1) is 27.4 Å². The molecule has 3 aromatic carbocycles. The normalized spacial score (nSPS) is 11.0. The molecule has 5 heteroatoms. The molecule has 130 valence electrons. The molecule has 1 N–H and O–H groups in total. The molecular formula is C21H18N2O2S. The van der Waals surface area contributed by atoms with Crippen LogP contribution in [0, 0.1) is 6.92 Å². The predicted molar refractivity (Wildman–Crippen MR) is 107 cm³/mol. The molecule has 0 aliphatic rings. The molecule has 26 heavy (non-hydrogen) atoms. The van der Waals surface area contributed by atoms with Gasteiger partial charge in [-0.2, -0.15) is 0 Å². The Kier molecular flexibility index (Phi) is 4.31. The summed E-state index contributed by atoms with van der Waals surface area (Å²) in [6.07, 6.45) is 0. The van der Waals surface area contributed by atoms with Crippen molar-refractivity contribution in [3.63, 3.8) is 0 Å². The van der Waals surface area contributed by atoms with E-state index in [9.17, 15) is 4.79 Å². The number of ether oxygens (including phenoxy) is 1. The van der Waals surface area contributed by atoms with Crippen molar-refractivity contribution in [1.29, 1.82) is 0 Å². The maximum absolute atomic E-state index is 13.1. The lowest BCUT2D eigenvalue weighted by atomic mass is 10.0. The lowest BCUT2D eigenvalue weighted by Crippen LogP contribution is -2.14. The number of amides is 1. The highest BCUT2D eigenvalue weighted by molar-refractivity contribution is 7.18. The molecule has 0 spiro atoms. The zero-order valence-corrected chi connectivity index (χ0v) is 15.4. The lowest BCUT2D eigenvalue weighted by molar-refractivity contribution is 0.102. The van der Waals surface area contributed by atoms with Crippen LogP contribution in [-0.2, 0) is 0 Å². The predicted octanol–water partition coefficient (Wildman–Crippen LogP) is 5.41. The summed E-state index contributed by atoms with van der Waals surface area (Å²) in [6, 6.07) is 17.4. The summed E-state index contributed by atoms with van der Waals surface area (Å²) >= 11 is 1.62. The number of carbonyl (C=O) groups excluding carboxylic acids is 1. The lowest BCUT2D eigenvalue weighted by Gasteiger charge is -2.13. The van der Waals surface area contributed by atoms with Gasteiger partial charge in [-0.05, 0) is 48.9 Å². The van der Waals surface area contributed by atoms with Crippen LogP contribution >= 0.6 is 11.3 Å². The van der Waals surface area contributed by atoms with Gasteiger partial charge in [0.2, 0.25) is 0 Å². The van der Waals surface area contributed by atoms with Crippen LogP contribution in [0.25, 0.3) is 21.0 Å². The minimum atomic E-state index is -0.175. The molecule has 4 rings (SSSR count). The molecule has 0 bridgehead atoms. The Morgan fingerprint density at radius 1 is 1.15 bits per heavy atom. The van der Waals surface area contributed by atoms with Crippen molar-refractivity contribution in [2.45, 2.75) is 13.8 Å². The molecule has 0 aliphatic carbocycles. The monoisotopic (exact) mass is 362 g/mol. The fourth-order valence-electron chi connectivity index (χ4n) is 3.07. The molecule has 0 atom stereocenters. The van der Waals surface area contributed by atoms with Gasteiger partial charge in [-0.3, -0.25) is 4.79 Å². The molecule has 0 aliphatic heterocycles. The number of anilines is 1. The molecule has 1 heterocycles. The Hall–Kier alpha value is -2.92. The molecule has 1 aromatic heterocycles. The second kappa shape index (κ2) is 6.77. The molecule has 4 nitrogen and oxygen atoms in total. The summed E-state index contributed by atoms with van der Waals surface area (Å²) in [5.41, 5.74) is 2.26. The quantitative estimate of drug-likeness (QED) is 0.528. The second-order valence-corrected chi connectivity index (χ2v) is 7.20. The minimum Gasteiger partial charge on any atom is -0.493 e. The standard InChI is InChI=1S/C21H18N2O2S/c1-3-25-18-11-8-14-6-4-5-7-16(14)20(18)21(24)23-15-9-10-17-19(12-15)26-13(2)22-17/h4-12H,3H2,1-2H3,(H,23,24). The van der Waals surface area contributed by atoms with E-state index >= 15 is 0 Å². The summed E-state index contributed by atoms with van der Waals surface area (Å²) in [5.74, 6) is 0.421. The first-order valence-corrected chi connectivity index (χ1v) is 9.30. The maximum atomic E-state index is 13.1. The Morgan fingerprint density at radius 3 is 2.85 bits per heavy atom. The number of fused-ring (bicyclic) bond motifs is 2. The van der Waals surface area contributed by atoms with Gasteiger partial charge in [-0.15, -0.1) is 11.3 Å². The smallest absolute Gasteiger partial charge is 0.260 e. The van der Waals surface area contributed by atoms with Crippen molar-refractivity contribution in [1.82, 2.24) is 4.98 Å². The van der Waals surface area contributed by atoms with Gasteiger partial charge in [0, 0.05) is 5.69 Å². The van der Waals surface area contributed by atoms with E-state index in [-0.39, 0.29) is 5.91 Å². The first-order valence-electron chi connectivity index (χ1n) is 8.49. The van der Waals surface area contributed by atoms with Gasteiger partial charge >= 0.3 is 0 Å². The van der Waals surface area contributed by atoms with Crippen LogP contribution in [0.4, 0.5) is 5.69 Å². The van der Waals surface area contributed by atoms with Crippen LogP contribution in [0.3, 0.4) is 0 Å². The van der Waals surface area contributed by atoms with E-state index < -0.39 is 0 Å². The average molecular weight is 362 g/mol. The van der Waals surface area contributed by atoms with Crippen molar-refractivity contribution in [2.24, 2.45) is 0 Å². The topological polar surface area (TPSA) is 51.2 Å². The number of aryl methyl sites for hydroxylation is 1. The van der Waals surface area contributed by atoms with Crippen molar-refractivity contribution in [3.05, 3.63) is 65.2 Å². The summed E-state index contributed by atoms with van der Waals surface area (Å²) in [4.78, 5) is 17.5. The van der Waals surface area contributed by atoms with Crippen LogP contribution in [0.1, 0.15) is 22.3 Å². The number of carbonyl (C=O) groups is 1. The molecule has 0 radical (unpaired) electrons. The molecule has 4 aromatic rings. The first kappa shape index (κ1) is 16.5. The summed E-state index contributed by atoms with van der Waals surface area (Å²) < 4.78 is 6.77. The van der Waals surface area contributed by atoms with Crippen LogP contribution in [0.15, 0.2) is 54.6 Å². The van der Waals surface area contributed by atoms with Gasteiger partial charge in [0.1, 0.15) is 5.75 Å². The number of hydrogen-bond acceptors (Lipinski definition) is 4. The van der Waals surface area contributed by atoms with Crippen LogP contribution in [-0.4, -0.2) is 17.5 Å². The third-order valence-electron chi connectivity index (χ3n) is 4.17. The van der Waals surface area contributed by atoms with Crippen molar-refractivity contribution < 1.29 is 9.53 Å². The number of benzene rings is 3. The highest BCUT2D eigenvalue weighted by Crippen LogP contribution is 2.30. The van der Waals surface area contributed by atoms with E-state index in [2.05, 4.69) is 10.3 Å². The number of hydrogen-bond donors (Lipinski definition) is 1. The Labute approximate surface area is 155 Å². The Morgan fingerprint density at radius 2 is 2.00 bits per heavy atom. The van der Waals surface area contributed by atoms with Gasteiger partial charge in [0.15, 0.2) is 0 Å². The van der Waals surface area contributed by atoms with Crippen LogP contribution in [0.5, 0.6) is 5.75 Å². The number of aromatic nitrogens is 1. The SMILES string of the molecule is CCOc1ccc2ccccc2c1C(=O)Nc1ccc2nc(C)sc2c1. The van der Waals surface area contributed by atoms with Crippen molar-refractivity contribution in [3.8, 4) is 5.75 Å². The summed E-state index contributed by atoms with van der Waals surface area (Å²) in [5, 5.41) is 5.91. The zero-order valence-electron chi connectivity index (χ0n) is 14.6. The van der Waals surface area contributed by atoms with Gasteiger partial charge in [-0.25, -0.2) is 4.98 Å². The molecule has 0 fully saturated rings. The number of rotatable bonds is 4. The van der Waals surface area contributed by atoms with E-state index in [1.54, 1.807) is 11.3 Å². The summed E-state index contributed by atoms with van der Waals surface area (Å²) in [6.45, 7) is 4.40. The molecule has 0 unspecified atom stereocenters. The molecular weight excluding hydrogens is 344 g/mol. The fraction of sp³-hybridized carbons (Fsp3) is 0.143. The van der Waals surface area contributed by atoms with E-state index in [0.717, 1.165) is 31.7 Å². The second-order valence-electron chi connectivity index (χ2n) is 5.96. The van der Waals surface area contributed by atoms with Crippen molar-refractivity contribution >= 4 is 43.9 Å². The van der Waals surface area contributed by atoms with Crippen LogP contribution in [0.2, 0.25) is 0 Å². The number of nitrogens with zero attached hydrogens (tertiary/aromatic N) is 1. The Bertz CT molecular complexity index is 1120. The zero-order chi connectivity index (χ0) is 18.1. The van der Waals surface area contributed by atoms with E-state index in [1.165, 1.54) is 0 Å². The van der Waals surface area contributed by atoms with E-state index in [4.69, 9.17) is 4.74 Å². The Balaban J connectivity index is 1.75. The highest BCUT2D eigenvalue weighted by atomic mass is 32.1. The number of thiazole rings is 1. The fourth-order valence-corrected chi connectivity index (χ4v) is 3.94. The number of nitrogens with one attached hydrogen (secondary N) is 1. The molecule has 0 saturated heterocycles. The molecule has 0 saturated carbocycles. The van der Waals surface area contributed by atoms with Crippen molar-refractivity contribution in [2.75, 3.05) is 11.9 Å². The molecule has 1 amide bonds. The summed E-state index contributed by atoms with van der Waals surface area (Å²) in [7, 11) is 0. The van der Waals surface area contributed by atoms with Crippen LogP contribution < -0.4 is 10.1 Å². The minimum absolute atomic E-state index is 0.175. The third kappa shape index (κ3) is 3.02. The first-order chi connectivity index (χ1) is 12.7. The third-order valence-corrected chi connectivity index (χ3v) is 5.10. The largest absolute Gasteiger partial charge is 0.493 e. The average Bonchev–Trinajstić information content (AvgIpc) is 3.01. The van der Waals surface area contributed by atoms with E-state index in [0.29, 0.717) is 17.9 Å². The van der Waals surface area contributed by atoms with E-state index in [1.807, 2.05) is 68.4 Å².